The number of rotatable bonds is 5. The van der Waals surface area contributed by atoms with E-state index in [0.717, 1.165) is 5.82 Å². The lowest BCUT2D eigenvalue weighted by Crippen LogP contribution is -2.42. The number of carbonyl (C=O) groups is 1. The van der Waals surface area contributed by atoms with Crippen LogP contribution < -0.4 is 10.6 Å². The first-order valence-corrected chi connectivity index (χ1v) is 5.06. The van der Waals surface area contributed by atoms with Crippen molar-refractivity contribution in [3.63, 3.8) is 0 Å². The van der Waals surface area contributed by atoms with Crippen molar-refractivity contribution in [1.82, 2.24) is 20.2 Å². The summed E-state index contributed by atoms with van der Waals surface area (Å²) < 4.78 is 1.90. The first kappa shape index (κ1) is 12.3. The van der Waals surface area contributed by atoms with E-state index in [1.807, 2.05) is 17.8 Å². The Bertz CT molecular complexity index is 391. The van der Waals surface area contributed by atoms with E-state index < -0.39 is 0 Å². The highest BCUT2D eigenvalue weighted by Gasteiger charge is 2.11. The molecule has 1 rings (SSSR count). The van der Waals surface area contributed by atoms with Crippen molar-refractivity contribution in [1.29, 1.82) is 0 Å². The van der Waals surface area contributed by atoms with Gasteiger partial charge in [-0.15, -0.1) is 6.42 Å². The molecule has 0 spiro atoms. The molecule has 1 unspecified atom stereocenters. The van der Waals surface area contributed by atoms with Gasteiger partial charge in [-0.25, -0.2) is 4.98 Å². The van der Waals surface area contributed by atoms with Crippen molar-refractivity contribution in [3.05, 3.63) is 18.2 Å². The second-order valence-corrected chi connectivity index (χ2v) is 3.48. The zero-order valence-electron chi connectivity index (χ0n) is 9.53. The van der Waals surface area contributed by atoms with E-state index in [9.17, 15) is 4.79 Å². The number of amides is 1. The Hall–Kier alpha value is -1.80. The van der Waals surface area contributed by atoms with Crippen LogP contribution in [0.4, 0.5) is 0 Å². The van der Waals surface area contributed by atoms with E-state index >= 15 is 0 Å². The monoisotopic (exact) mass is 220 g/mol. The number of aromatic nitrogens is 2. The molecule has 0 aromatic carbocycles. The van der Waals surface area contributed by atoms with Crippen molar-refractivity contribution in [2.75, 3.05) is 6.54 Å². The minimum Gasteiger partial charge on any atom is -0.344 e. The molecule has 1 heterocycles. The molecule has 0 fully saturated rings. The van der Waals surface area contributed by atoms with Crippen molar-refractivity contribution < 1.29 is 4.79 Å². The normalized spacial score (nSPS) is 11.8. The van der Waals surface area contributed by atoms with Gasteiger partial charge in [-0.05, 0) is 6.92 Å². The van der Waals surface area contributed by atoms with Crippen LogP contribution >= 0.6 is 0 Å². The highest BCUT2D eigenvalue weighted by molar-refractivity contribution is 5.81. The van der Waals surface area contributed by atoms with Gasteiger partial charge in [0.05, 0.1) is 19.1 Å². The molecule has 0 radical (unpaired) electrons. The fourth-order valence-electron chi connectivity index (χ4n) is 1.20. The van der Waals surface area contributed by atoms with Gasteiger partial charge in [0.15, 0.2) is 0 Å². The molecule has 1 amide bonds. The zero-order chi connectivity index (χ0) is 12.0. The van der Waals surface area contributed by atoms with E-state index in [4.69, 9.17) is 6.42 Å². The summed E-state index contributed by atoms with van der Waals surface area (Å²) in [7, 11) is 1.91. The molecule has 1 aromatic heterocycles. The molecule has 0 aliphatic heterocycles. The van der Waals surface area contributed by atoms with Crippen LogP contribution in [0.1, 0.15) is 12.7 Å². The molecule has 5 heteroatoms. The van der Waals surface area contributed by atoms with E-state index in [2.05, 4.69) is 21.5 Å². The SMILES string of the molecule is C#CCNC(=O)C(C)NCc1nccn1C. The number of nitrogens with one attached hydrogen (secondary N) is 2. The number of nitrogens with zero attached hydrogens (tertiary/aromatic N) is 2. The van der Waals surface area contributed by atoms with Crippen LogP contribution in [0.3, 0.4) is 0 Å². The Morgan fingerprint density at radius 1 is 1.75 bits per heavy atom. The van der Waals surface area contributed by atoms with Crippen molar-refractivity contribution in [2.24, 2.45) is 7.05 Å². The van der Waals surface area contributed by atoms with Gasteiger partial charge < -0.3 is 9.88 Å². The minimum absolute atomic E-state index is 0.104. The van der Waals surface area contributed by atoms with Crippen LogP contribution in [0.2, 0.25) is 0 Å². The molecule has 86 valence electrons. The minimum atomic E-state index is -0.287. The second-order valence-electron chi connectivity index (χ2n) is 3.48. The van der Waals surface area contributed by atoms with Gasteiger partial charge in [0, 0.05) is 19.4 Å². The van der Waals surface area contributed by atoms with E-state index in [1.54, 1.807) is 13.1 Å². The van der Waals surface area contributed by atoms with Gasteiger partial charge in [-0.3, -0.25) is 10.1 Å². The Kier molecular flexibility index (Phi) is 4.55. The van der Waals surface area contributed by atoms with Gasteiger partial charge >= 0.3 is 0 Å². The molecular weight excluding hydrogens is 204 g/mol. The molecule has 5 nitrogen and oxygen atoms in total. The quantitative estimate of drug-likeness (QED) is 0.667. The third-order valence-electron chi connectivity index (χ3n) is 2.25. The molecular formula is C11H16N4O. The summed E-state index contributed by atoms with van der Waals surface area (Å²) in [6.45, 7) is 2.59. The van der Waals surface area contributed by atoms with Crippen molar-refractivity contribution in [3.8, 4) is 12.3 Å². The van der Waals surface area contributed by atoms with Gasteiger partial charge in [0.2, 0.25) is 5.91 Å². The fourth-order valence-corrected chi connectivity index (χ4v) is 1.20. The number of terminal acetylenes is 1. The molecule has 0 bridgehead atoms. The number of imidazole rings is 1. The Morgan fingerprint density at radius 3 is 3.06 bits per heavy atom. The highest BCUT2D eigenvalue weighted by atomic mass is 16.2. The van der Waals surface area contributed by atoms with Crippen LogP contribution in [-0.4, -0.2) is 28.0 Å². The van der Waals surface area contributed by atoms with Gasteiger partial charge in [0.1, 0.15) is 5.82 Å². The average Bonchev–Trinajstić information content (AvgIpc) is 2.68. The summed E-state index contributed by atoms with van der Waals surface area (Å²) in [5.41, 5.74) is 0. The standard InChI is InChI=1S/C11H16N4O/c1-4-5-13-11(16)9(2)14-8-10-12-6-7-15(10)3/h1,6-7,9,14H,5,8H2,2-3H3,(H,13,16). The van der Waals surface area contributed by atoms with Crippen LogP contribution in [0.15, 0.2) is 12.4 Å². The molecule has 0 saturated heterocycles. The van der Waals surface area contributed by atoms with Crippen molar-refractivity contribution >= 4 is 5.91 Å². The summed E-state index contributed by atoms with van der Waals surface area (Å²) in [5, 5.41) is 5.68. The number of hydrogen-bond donors (Lipinski definition) is 2. The lowest BCUT2D eigenvalue weighted by atomic mass is 10.3. The summed E-state index contributed by atoms with van der Waals surface area (Å²) in [4.78, 5) is 15.6. The van der Waals surface area contributed by atoms with Gasteiger partial charge in [-0.1, -0.05) is 5.92 Å². The maximum absolute atomic E-state index is 11.4. The summed E-state index contributed by atoms with van der Waals surface area (Å²) in [6.07, 6.45) is 8.63. The predicted molar refractivity (Wildman–Crippen MR) is 61.4 cm³/mol. The van der Waals surface area contributed by atoms with Crippen LogP contribution in [0.25, 0.3) is 0 Å². The van der Waals surface area contributed by atoms with Crippen LogP contribution in [0.5, 0.6) is 0 Å². The molecule has 16 heavy (non-hydrogen) atoms. The third kappa shape index (κ3) is 3.41. The first-order chi connectivity index (χ1) is 7.65. The Balaban J connectivity index is 2.35. The van der Waals surface area contributed by atoms with Gasteiger partial charge in [-0.2, -0.15) is 0 Å². The van der Waals surface area contributed by atoms with Crippen LogP contribution in [0, 0.1) is 12.3 Å². The lowest BCUT2D eigenvalue weighted by molar-refractivity contribution is -0.122. The fraction of sp³-hybridized carbons (Fsp3) is 0.455. The van der Waals surface area contributed by atoms with E-state index in [1.165, 1.54) is 0 Å². The second kappa shape index (κ2) is 5.93. The molecule has 2 N–H and O–H groups in total. The Labute approximate surface area is 95.3 Å². The maximum atomic E-state index is 11.4. The van der Waals surface area contributed by atoms with E-state index in [-0.39, 0.29) is 18.5 Å². The largest absolute Gasteiger partial charge is 0.344 e. The highest BCUT2D eigenvalue weighted by Crippen LogP contribution is 1.94. The van der Waals surface area contributed by atoms with Gasteiger partial charge in [0.25, 0.3) is 0 Å². The summed E-state index contributed by atoms with van der Waals surface area (Å²) in [5.74, 6) is 3.14. The molecule has 0 saturated carbocycles. The number of carbonyl (C=O) groups excluding carboxylic acids is 1. The number of aryl methyl sites for hydroxylation is 1. The Morgan fingerprint density at radius 2 is 2.50 bits per heavy atom. The predicted octanol–water partition coefficient (Wildman–Crippen LogP) is -0.352. The molecule has 0 aliphatic carbocycles. The smallest absolute Gasteiger partial charge is 0.237 e. The topological polar surface area (TPSA) is 59.0 Å². The third-order valence-corrected chi connectivity index (χ3v) is 2.25. The molecule has 1 atom stereocenters. The zero-order valence-corrected chi connectivity index (χ0v) is 9.53. The number of hydrogen-bond acceptors (Lipinski definition) is 3. The average molecular weight is 220 g/mol. The van der Waals surface area contributed by atoms with Crippen molar-refractivity contribution in [2.45, 2.75) is 19.5 Å². The lowest BCUT2D eigenvalue weighted by Gasteiger charge is -2.12. The summed E-state index contributed by atoms with van der Waals surface area (Å²) in [6, 6.07) is -0.287. The molecule has 0 aliphatic rings. The first-order valence-electron chi connectivity index (χ1n) is 5.06. The van der Waals surface area contributed by atoms with Crippen LogP contribution in [-0.2, 0) is 18.4 Å². The van der Waals surface area contributed by atoms with E-state index in [0.29, 0.717) is 6.54 Å². The maximum Gasteiger partial charge on any atom is 0.237 e. The summed E-state index contributed by atoms with van der Waals surface area (Å²) >= 11 is 0. The molecule has 1 aromatic rings.